The summed E-state index contributed by atoms with van der Waals surface area (Å²) in [6.07, 6.45) is 0. The third kappa shape index (κ3) is 2.03. The van der Waals surface area contributed by atoms with Gasteiger partial charge in [0.2, 0.25) is 5.76 Å². The summed E-state index contributed by atoms with van der Waals surface area (Å²) in [5.41, 5.74) is 6.79. The monoisotopic (exact) mass is 185 g/mol. The first kappa shape index (κ1) is 9.20. The molecule has 7 nitrogen and oxygen atoms in total. The minimum absolute atomic E-state index is 0.0735. The van der Waals surface area contributed by atoms with Gasteiger partial charge >= 0.3 is 0 Å². The largest absolute Gasteiger partial charge is 0.363 e. The molecule has 0 aliphatic heterocycles. The van der Waals surface area contributed by atoms with Gasteiger partial charge in [-0.1, -0.05) is 5.16 Å². The number of carbonyl (C=O) groups excluding carboxylic acids is 2. The van der Waals surface area contributed by atoms with Crippen LogP contribution in [0.1, 0.15) is 21.0 Å². The normalized spacial score (nSPS) is 9.62. The Hall–Kier alpha value is -1.89. The van der Waals surface area contributed by atoms with Crippen LogP contribution in [-0.2, 0) is 4.84 Å². The third-order valence-corrected chi connectivity index (χ3v) is 1.18. The predicted octanol–water partition coefficient (Wildman–Crippen LogP) is -0.935. The summed E-state index contributed by atoms with van der Waals surface area (Å²) in [7, 11) is 1.27. The average Bonchev–Trinajstić information content (AvgIpc) is 2.52. The van der Waals surface area contributed by atoms with E-state index < -0.39 is 11.8 Å². The maximum absolute atomic E-state index is 11.0. The van der Waals surface area contributed by atoms with E-state index in [1.165, 1.54) is 7.11 Å². The lowest BCUT2D eigenvalue weighted by Gasteiger charge is -1.94. The minimum Gasteiger partial charge on any atom is -0.363 e. The molecule has 3 N–H and O–H groups in total. The third-order valence-electron chi connectivity index (χ3n) is 1.18. The quantitative estimate of drug-likeness (QED) is 0.591. The molecule has 0 saturated carbocycles. The molecule has 0 spiro atoms. The van der Waals surface area contributed by atoms with E-state index >= 15 is 0 Å². The first-order valence-electron chi connectivity index (χ1n) is 3.25. The number of aromatic nitrogens is 1. The number of nitrogens with zero attached hydrogens (tertiary/aromatic N) is 1. The van der Waals surface area contributed by atoms with E-state index in [0.717, 1.165) is 6.07 Å². The molecule has 1 aromatic rings. The van der Waals surface area contributed by atoms with Crippen LogP contribution in [0, 0.1) is 0 Å². The molecular weight excluding hydrogens is 178 g/mol. The second kappa shape index (κ2) is 3.68. The lowest BCUT2D eigenvalue weighted by atomic mass is 10.3. The first-order chi connectivity index (χ1) is 6.15. The zero-order chi connectivity index (χ0) is 9.84. The maximum atomic E-state index is 11.0. The molecule has 0 aliphatic rings. The van der Waals surface area contributed by atoms with Crippen molar-refractivity contribution in [2.24, 2.45) is 5.73 Å². The van der Waals surface area contributed by atoms with Gasteiger partial charge in [-0.3, -0.25) is 14.4 Å². The van der Waals surface area contributed by atoms with Crippen molar-refractivity contribution in [3.8, 4) is 0 Å². The van der Waals surface area contributed by atoms with E-state index in [4.69, 9.17) is 5.73 Å². The SMILES string of the molecule is CONC(=O)c1cc(C(N)=O)on1. The maximum Gasteiger partial charge on any atom is 0.297 e. The van der Waals surface area contributed by atoms with Crippen molar-refractivity contribution in [2.75, 3.05) is 7.11 Å². The van der Waals surface area contributed by atoms with Crippen LogP contribution in [0.25, 0.3) is 0 Å². The molecule has 0 aromatic carbocycles. The van der Waals surface area contributed by atoms with Crippen LogP contribution in [0.5, 0.6) is 0 Å². The van der Waals surface area contributed by atoms with Crippen molar-refractivity contribution in [1.29, 1.82) is 0 Å². The zero-order valence-corrected chi connectivity index (χ0v) is 6.73. The van der Waals surface area contributed by atoms with Gasteiger partial charge in [-0.15, -0.1) is 0 Å². The number of hydroxylamine groups is 1. The fourth-order valence-electron chi connectivity index (χ4n) is 0.643. The number of nitrogens with one attached hydrogen (secondary N) is 1. The lowest BCUT2D eigenvalue weighted by Crippen LogP contribution is -2.22. The van der Waals surface area contributed by atoms with E-state index in [0.29, 0.717) is 0 Å². The van der Waals surface area contributed by atoms with Crippen molar-refractivity contribution in [3.63, 3.8) is 0 Å². The molecule has 0 fully saturated rings. The molecule has 1 aromatic heterocycles. The number of nitrogens with two attached hydrogens (primary N) is 1. The van der Waals surface area contributed by atoms with E-state index in [-0.39, 0.29) is 11.5 Å². The summed E-state index contributed by atoms with van der Waals surface area (Å²) in [4.78, 5) is 25.8. The van der Waals surface area contributed by atoms with Gasteiger partial charge in [0.1, 0.15) is 0 Å². The highest BCUT2D eigenvalue weighted by atomic mass is 16.6. The molecule has 2 amide bonds. The Bertz CT molecular complexity index is 332. The summed E-state index contributed by atoms with van der Waals surface area (Å²) >= 11 is 0. The molecule has 0 atom stereocenters. The highest BCUT2D eigenvalue weighted by Gasteiger charge is 2.14. The van der Waals surface area contributed by atoms with Gasteiger partial charge in [0.25, 0.3) is 11.8 Å². The van der Waals surface area contributed by atoms with Crippen LogP contribution in [-0.4, -0.2) is 24.1 Å². The Balaban J connectivity index is 2.79. The molecule has 70 valence electrons. The highest BCUT2D eigenvalue weighted by molar-refractivity contribution is 5.95. The van der Waals surface area contributed by atoms with Gasteiger partial charge < -0.3 is 10.3 Å². The fourth-order valence-corrected chi connectivity index (χ4v) is 0.643. The summed E-state index contributed by atoms with van der Waals surface area (Å²) in [6, 6.07) is 1.12. The molecule has 0 radical (unpaired) electrons. The van der Waals surface area contributed by atoms with Crippen LogP contribution in [0.3, 0.4) is 0 Å². The van der Waals surface area contributed by atoms with Gasteiger partial charge in [0.15, 0.2) is 5.69 Å². The van der Waals surface area contributed by atoms with E-state index in [1.807, 2.05) is 5.48 Å². The Kier molecular flexibility index (Phi) is 2.60. The Labute approximate surface area is 72.8 Å². The fraction of sp³-hybridized carbons (Fsp3) is 0.167. The number of hydrogen-bond donors (Lipinski definition) is 2. The average molecular weight is 185 g/mol. The molecule has 1 heterocycles. The molecular formula is C6H7N3O4. The topological polar surface area (TPSA) is 107 Å². The standard InChI is InChI=1S/C6H7N3O4/c1-12-9-6(11)3-2-4(5(7)10)13-8-3/h2H,1H3,(H2,7,10)(H,9,11). The highest BCUT2D eigenvalue weighted by Crippen LogP contribution is 2.01. The molecule has 0 bridgehead atoms. The van der Waals surface area contributed by atoms with Crippen LogP contribution in [0.15, 0.2) is 10.6 Å². The second-order valence-corrected chi connectivity index (χ2v) is 2.08. The molecule has 13 heavy (non-hydrogen) atoms. The van der Waals surface area contributed by atoms with Crippen molar-refractivity contribution in [2.45, 2.75) is 0 Å². The van der Waals surface area contributed by atoms with Gasteiger partial charge in [-0.05, 0) is 0 Å². The molecule has 0 saturated heterocycles. The lowest BCUT2D eigenvalue weighted by molar-refractivity contribution is 0.0528. The zero-order valence-electron chi connectivity index (χ0n) is 6.73. The number of primary amides is 1. The summed E-state index contributed by atoms with van der Waals surface area (Å²) in [6.45, 7) is 0. The van der Waals surface area contributed by atoms with E-state index in [9.17, 15) is 9.59 Å². The van der Waals surface area contributed by atoms with Crippen molar-refractivity contribution >= 4 is 11.8 Å². The van der Waals surface area contributed by atoms with Crippen LogP contribution >= 0.6 is 0 Å². The van der Waals surface area contributed by atoms with Crippen LogP contribution in [0.2, 0.25) is 0 Å². The minimum atomic E-state index is -0.788. The number of hydrogen-bond acceptors (Lipinski definition) is 5. The Morgan fingerprint density at radius 2 is 2.38 bits per heavy atom. The van der Waals surface area contributed by atoms with Crippen molar-refractivity contribution in [3.05, 3.63) is 17.5 Å². The van der Waals surface area contributed by atoms with E-state index in [1.54, 1.807) is 0 Å². The van der Waals surface area contributed by atoms with Gasteiger partial charge in [-0.2, -0.15) is 0 Å². The molecule has 0 aliphatic carbocycles. The summed E-state index contributed by atoms with van der Waals surface area (Å²) in [5.74, 6) is -1.58. The van der Waals surface area contributed by atoms with Crippen LogP contribution < -0.4 is 11.2 Å². The molecule has 7 heteroatoms. The molecule has 0 unspecified atom stereocenters. The predicted molar refractivity (Wildman–Crippen MR) is 39.5 cm³/mol. The van der Waals surface area contributed by atoms with E-state index in [2.05, 4.69) is 14.5 Å². The first-order valence-corrected chi connectivity index (χ1v) is 3.25. The summed E-state index contributed by atoms with van der Waals surface area (Å²) in [5, 5.41) is 3.29. The van der Waals surface area contributed by atoms with Gasteiger partial charge in [0.05, 0.1) is 7.11 Å². The number of amides is 2. The Morgan fingerprint density at radius 1 is 1.69 bits per heavy atom. The second-order valence-electron chi connectivity index (χ2n) is 2.08. The van der Waals surface area contributed by atoms with Crippen LogP contribution in [0.4, 0.5) is 0 Å². The number of rotatable bonds is 3. The smallest absolute Gasteiger partial charge is 0.297 e. The molecule has 1 rings (SSSR count). The van der Waals surface area contributed by atoms with Gasteiger partial charge in [-0.25, -0.2) is 5.48 Å². The number of carbonyl (C=O) groups is 2. The van der Waals surface area contributed by atoms with Crippen molar-refractivity contribution < 1.29 is 18.9 Å². The van der Waals surface area contributed by atoms with Gasteiger partial charge in [0, 0.05) is 6.07 Å². The Morgan fingerprint density at radius 3 is 2.85 bits per heavy atom. The summed E-state index contributed by atoms with van der Waals surface area (Å²) < 4.78 is 4.45. The van der Waals surface area contributed by atoms with Crippen molar-refractivity contribution in [1.82, 2.24) is 10.6 Å².